The monoisotopic (exact) mass is 400 g/mol. The minimum atomic E-state index is -1.00. The van der Waals surface area contributed by atoms with Crippen molar-refractivity contribution in [3.8, 4) is 5.75 Å². The van der Waals surface area contributed by atoms with Crippen LogP contribution in [0.4, 0.5) is 5.13 Å². The van der Waals surface area contributed by atoms with Gasteiger partial charge in [0.05, 0.1) is 22.9 Å². The molecule has 3 rings (SSSR count). The van der Waals surface area contributed by atoms with Crippen molar-refractivity contribution < 1.29 is 19.4 Å². The van der Waals surface area contributed by atoms with E-state index in [0.29, 0.717) is 24.5 Å². The molecule has 1 N–H and O–H groups in total. The Kier molecular flexibility index (Phi) is 6.49. The first-order valence-electron chi connectivity index (χ1n) is 9.12. The summed E-state index contributed by atoms with van der Waals surface area (Å²) in [6.07, 6.45) is -1.14. The first kappa shape index (κ1) is 20.1. The molecular formula is C21H24N2O4S. The van der Waals surface area contributed by atoms with Crippen molar-refractivity contribution in [1.82, 2.24) is 4.98 Å². The summed E-state index contributed by atoms with van der Waals surface area (Å²) < 4.78 is 12.4. The molecule has 0 spiro atoms. The molecule has 0 bridgehead atoms. The van der Waals surface area contributed by atoms with Crippen molar-refractivity contribution in [2.24, 2.45) is 0 Å². The van der Waals surface area contributed by atoms with Crippen LogP contribution < -0.4 is 9.64 Å². The lowest BCUT2D eigenvalue weighted by molar-refractivity contribution is -0.153. The van der Waals surface area contributed by atoms with Gasteiger partial charge in [0.1, 0.15) is 12.4 Å². The average molecular weight is 401 g/mol. The zero-order valence-electron chi connectivity index (χ0n) is 16.2. The average Bonchev–Trinajstić information content (AvgIpc) is 3.11. The van der Waals surface area contributed by atoms with Gasteiger partial charge in [0, 0.05) is 7.05 Å². The summed E-state index contributed by atoms with van der Waals surface area (Å²) in [5, 5.41) is 10.3. The van der Waals surface area contributed by atoms with E-state index < -0.39 is 12.1 Å². The number of carboxylic acid groups (broad SMARTS) is 1. The topological polar surface area (TPSA) is 71.9 Å². The van der Waals surface area contributed by atoms with Crippen molar-refractivity contribution in [3.63, 3.8) is 0 Å². The molecule has 28 heavy (non-hydrogen) atoms. The third-order valence-corrected chi connectivity index (χ3v) is 5.27. The van der Waals surface area contributed by atoms with Gasteiger partial charge in [-0.2, -0.15) is 0 Å². The minimum Gasteiger partial charge on any atom is -0.492 e. The molecule has 1 heterocycles. The minimum absolute atomic E-state index is 0.171. The zero-order chi connectivity index (χ0) is 20.1. The van der Waals surface area contributed by atoms with E-state index in [1.54, 1.807) is 35.6 Å². The van der Waals surface area contributed by atoms with Crippen LogP contribution in [0.5, 0.6) is 5.75 Å². The maximum atomic E-state index is 11.4. The number of thiazole rings is 1. The van der Waals surface area contributed by atoms with Crippen LogP contribution in [0.1, 0.15) is 25.5 Å². The highest BCUT2D eigenvalue weighted by atomic mass is 32.1. The molecule has 0 saturated carbocycles. The van der Waals surface area contributed by atoms with Gasteiger partial charge < -0.3 is 19.5 Å². The molecule has 1 atom stereocenters. The summed E-state index contributed by atoms with van der Waals surface area (Å²) in [5.41, 5.74) is 1.60. The van der Waals surface area contributed by atoms with Crippen molar-refractivity contribution in [2.45, 2.75) is 26.1 Å². The third-order valence-electron chi connectivity index (χ3n) is 4.12. The summed E-state index contributed by atoms with van der Waals surface area (Å²) >= 11 is 1.65. The molecule has 3 aromatic rings. The van der Waals surface area contributed by atoms with Crippen molar-refractivity contribution in [1.29, 1.82) is 0 Å². The predicted molar refractivity (Wildman–Crippen MR) is 111 cm³/mol. The molecule has 1 aromatic heterocycles. The maximum absolute atomic E-state index is 11.4. The van der Waals surface area contributed by atoms with Gasteiger partial charge in [0.25, 0.3) is 0 Å². The number of aliphatic carboxylic acids is 1. The Balaban J connectivity index is 1.55. The lowest BCUT2D eigenvalue weighted by Gasteiger charge is -2.18. The van der Waals surface area contributed by atoms with Crippen LogP contribution >= 0.6 is 11.3 Å². The fourth-order valence-corrected chi connectivity index (χ4v) is 3.66. The zero-order valence-corrected chi connectivity index (χ0v) is 17.0. The van der Waals surface area contributed by atoms with Gasteiger partial charge in [0.2, 0.25) is 0 Å². The number of carbonyl (C=O) groups is 1. The number of rotatable bonds is 9. The number of hydrogen-bond acceptors (Lipinski definition) is 6. The molecule has 0 aliphatic heterocycles. The highest BCUT2D eigenvalue weighted by Crippen LogP contribution is 2.27. The van der Waals surface area contributed by atoms with Crippen LogP contribution in [0.15, 0.2) is 48.5 Å². The quantitative estimate of drug-likeness (QED) is 0.575. The largest absolute Gasteiger partial charge is 0.492 e. The Hall–Kier alpha value is -2.64. The van der Waals surface area contributed by atoms with Gasteiger partial charge in [-0.15, -0.1) is 0 Å². The van der Waals surface area contributed by atoms with Crippen molar-refractivity contribution in [3.05, 3.63) is 54.1 Å². The first-order chi connectivity index (χ1) is 13.4. The molecule has 0 aliphatic rings. The summed E-state index contributed by atoms with van der Waals surface area (Å²) in [6.45, 7) is 4.82. The summed E-state index contributed by atoms with van der Waals surface area (Å²) in [6, 6.07) is 15.1. The summed E-state index contributed by atoms with van der Waals surface area (Å²) in [7, 11) is 1.99. The number of hydrogen-bond donors (Lipinski definition) is 1. The molecule has 0 aliphatic carbocycles. The van der Waals surface area contributed by atoms with Crippen LogP contribution in [0.3, 0.4) is 0 Å². The highest BCUT2D eigenvalue weighted by Gasteiger charge is 2.21. The molecule has 148 valence electrons. The van der Waals surface area contributed by atoms with E-state index >= 15 is 0 Å². The molecular weight excluding hydrogens is 376 g/mol. The number of anilines is 1. The third kappa shape index (κ3) is 4.99. The van der Waals surface area contributed by atoms with Gasteiger partial charge in [-0.25, -0.2) is 9.78 Å². The summed E-state index contributed by atoms with van der Waals surface area (Å²) in [4.78, 5) is 18.1. The number of carboxylic acids is 1. The van der Waals surface area contributed by atoms with Crippen LogP contribution in [0, 0.1) is 0 Å². The van der Waals surface area contributed by atoms with E-state index in [2.05, 4.69) is 16.0 Å². The maximum Gasteiger partial charge on any atom is 0.337 e. The summed E-state index contributed by atoms with van der Waals surface area (Å²) in [5.74, 6) is -0.310. The van der Waals surface area contributed by atoms with Gasteiger partial charge in [-0.05, 0) is 43.7 Å². The normalized spacial score (nSPS) is 12.3. The first-order valence-corrected chi connectivity index (χ1v) is 9.93. The Labute approximate surface area is 168 Å². The predicted octanol–water partition coefficient (Wildman–Crippen LogP) is 4.36. The fourth-order valence-electron chi connectivity index (χ4n) is 2.71. The molecule has 0 amide bonds. The number of para-hydroxylation sites is 1. The lowest BCUT2D eigenvalue weighted by Crippen LogP contribution is -2.23. The van der Waals surface area contributed by atoms with Crippen LogP contribution in [0.2, 0.25) is 0 Å². The molecule has 2 aromatic carbocycles. The van der Waals surface area contributed by atoms with E-state index in [1.165, 1.54) is 0 Å². The fraction of sp³-hybridized carbons (Fsp3) is 0.333. The Bertz CT molecular complexity index is 891. The number of likely N-dealkylation sites (N-methyl/N-ethyl adjacent to an activating group) is 1. The van der Waals surface area contributed by atoms with Crippen molar-refractivity contribution in [2.75, 3.05) is 25.1 Å². The number of ether oxygens (including phenoxy) is 2. The smallest absolute Gasteiger partial charge is 0.337 e. The molecule has 7 heteroatoms. The molecule has 6 nitrogen and oxygen atoms in total. The second-order valence-electron chi connectivity index (χ2n) is 6.71. The van der Waals surface area contributed by atoms with E-state index in [-0.39, 0.29) is 6.10 Å². The van der Waals surface area contributed by atoms with Crippen molar-refractivity contribution >= 4 is 32.7 Å². The SMILES string of the molecule is CC(C)OC(C(=O)O)c1ccc(OCCN(C)c2nc3ccccc3s2)cc1. The Morgan fingerprint density at radius 2 is 1.89 bits per heavy atom. The van der Waals surface area contributed by atoms with Crippen LogP contribution in [-0.2, 0) is 9.53 Å². The number of aromatic nitrogens is 1. The van der Waals surface area contributed by atoms with E-state index in [0.717, 1.165) is 15.3 Å². The molecule has 1 unspecified atom stereocenters. The number of fused-ring (bicyclic) bond motifs is 1. The van der Waals surface area contributed by atoms with Gasteiger partial charge >= 0.3 is 5.97 Å². The molecule has 0 saturated heterocycles. The van der Waals surface area contributed by atoms with Gasteiger partial charge in [0.15, 0.2) is 11.2 Å². The second-order valence-corrected chi connectivity index (χ2v) is 7.72. The Morgan fingerprint density at radius 3 is 2.54 bits per heavy atom. The lowest BCUT2D eigenvalue weighted by atomic mass is 10.1. The highest BCUT2D eigenvalue weighted by molar-refractivity contribution is 7.22. The van der Waals surface area contributed by atoms with Gasteiger partial charge in [-0.3, -0.25) is 0 Å². The second kappa shape index (κ2) is 9.03. The van der Waals surface area contributed by atoms with Crippen LogP contribution in [0.25, 0.3) is 10.2 Å². The standard InChI is InChI=1S/C21H24N2O4S/c1-14(2)27-19(20(24)25)15-8-10-16(11-9-15)26-13-12-23(3)21-22-17-6-4-5-7-18(17)28-21/h4-11,14,19H,12-13H2,1-3H3,(H,24,25). The number of benzene rings is 2. The molecule has 0 radical (unpaired) electrons. The van der Waals surface area contributed by atoms with Gasteiger partial charge in [-0.1, -0.05) is 35.6 Å². The number of nitrogens with zero attached hydrogens (tertiary/aromatic N) is 2. The van der Waals surface area contributed by atoms with Crippen LogP contribution in [-0.4, -0.2) is 42.4 Å². The molecule has 0 fully saturated rings. The van der Waals surface area contributed by atoms with E-state index in [9.17, 15) is 9.90 Å². The van der Waals surface area contributed by atoms with E-state index in [1.807, 2.05) is 39.1 Å². The Morgan fingerprint density at radius 1 is 1.18 bits per heavy atom. The van der Waals surface area contributed by atoms with E-state index in [4.69, 9.17) is 9.47 Å².